The highest BCUT2D eigenvalue weighted by Crippen LogP contribution is 2.26. The average molecular weight is 378 g/mol. The van der Waals surface area contributed by atoms with Crippen molar-refractivity contribution in [2.45, 2.75) is 13.8 Å². The minimum Gasteiger partial charge on any atom is -0.496 e. The van der Waals surface area contributed by atoms with Crippen molar-refractivity contribution in [1.82, 2.24) is 4.90 Å². The molecular weight excluding hydrogens is 356 g/mol. The maximum absolute atomic E-state index is 12.5. The Labute approximate surface area is 163 Å². The second-order valence-electron chi connectivity index (χ2n) is 6.94. The third-order valence-corrected chi connectivity index (χ3v) is 4.34. The van der Waals surface area contributed by atoms with Crippen molar-refractivity contribution in [3.05, 3.63) is 65.2 Å². The summed E-state index contributed by atoms with van der Waals surface area (Å²) >= 11 is 0. The van der Waals surface area contributed by atoms with Crippen LogP contribution >= 0.6 is 0 Å². The largest absolute Gasteiger partial charge is 0.496 e. The molecule has 3 rings (SSSR count). The number of hydrogen-bond donors (Lipinski definition) is 1. The Morgan fingerprint density at radius 1 is 1.11 bits per heavy atom. The quantitative estimate of drug-likeness (QED) is 0.616. The van der Waals surface area contributed by atoms with Crippen LogP contribution in [0.1, 0.15) is 40.1 Å². The number of anilines is 1. The van der Waals surface area contributed by atoms with Gasteiger partial charge >= 0.3 is 0 Å². The summed E-state index contributed by atoms with van der Waals surface area (Å²) in [7, 11) is 1.57. The van der Waals surface area contributed by atoms with Crippen LogP contribution in [0.2, 0.25) is 0 Å². The standard InChI is InChI=1S/C22H22N2O4/c1-14(2)13-24-21(26)17-10-9-16(12-18(17)22(24)27)23-20(25)11-8-15-6-4-5-7-19(15)28-3/h4-12,14H,13H2,1-3H3,(H,23,25)/b11-8+. The summed E-state index contributed by atoms with van der Waals surface area (Å²) in [6, 6.07) is 12.1. The number of imide groups is 1. The van der Waals surface area contributed by atoms with Gasteiger partial charge in [-0.1, -0.05) is 32.0 Å². The Morgan fingerprint density at radius 3 is 2.54 bits per heavy atom. The monoisotopic (exact) mass is 378 g/mol. The van der Waals surface area contributed by atoms with Gasteiger partial charge in [-0.15, -0.1) is 0 Å². The molecule has 2 aromatic carbocycles. The molecule has 0 radical (unpaired) electrons. The smallest absolute Gasteiger partial charge is 0.261 e. The molecule has 0 aromatic heterocycles. The fourth-order valence-electron chi connectivity index (χ4n) is 3.05. The number of amides is 3. The maximum atomic E-state index is 12.5. The Kier molecular flexibility index (Phi) is 5.59. The first kappa shape index (κ1) is 19.4. The van der Waals surface area contributed by atoms with Crippen molar-refractivity contribution in [3.8, 4) is 5.75 Å². The minimum atomic E-state index is -0.346. The summed E-state index contributed by atoms with van der Waals surface area (Å²) < 4.78 is 5.25. The lowest BCUT2D eigenvalue weighted by molar-refractivity contribution is -0.111. The molecule has 0 fully saturated rings. The predicted molar refractivity (Wildman–Crippen MR) is 107 cm³/mol. The molecule has 0 atom stereocenters. The summed E-state index contributed by atoms with van der Waals surface area (Å²) in [4.78, 5) is 38.4. The lowest BCUT2D eigenvalue weighted by atomic mass is 10.1. The summed E-state index contributed by atoms with van der Waals surface area (Å²) in [6.07, 6.45) is 3.05. The fraction of sp³-hybridized carbons (Fsp3) is 0.227. The lowest BCUT2D eigenvalue weighted by Gasteiger charge is -2.15. The molecule has 6 nitrogen and oxygen atoms in total. The highest BCUT2D eigenvalue weighted by molar-refractivity contribution is 6.22. The molecule has 28 heavy (non-hydrogen) atoms. The topological polar surface area (TPSA) is 75.7 Å². The molecule has 1 N–H and O–H groups in total. The number of ether oxygens (including phenoxy) is 1. The Balaban J connectivity index is 1.74. The second kappa shape index (κ2) is 8.08. The predicted octanol–water partition coefficient (Wildman–Crippen LogP) is 3.60. The summed E-state index contributed by atoms with van der Waals surface area (Å²) in [5.41, 5.74) is 1.92. The Morgan fingerprint density at radius 2 is 1.82 bits per heavy atom. The van der Waals surface area contributed by atoms with E-state index in [0.29, 0.717) is 29.1 Å². The maximum Gasteiger partial charge on any atom is 0.261 e. The number of para-hydroxylation sites is 1. The first-order valence-electron chi connectivity index (χ1n) is 9.03. The molecule has 0 aliphatic carbocycles. The van der Waals surface area contributed by atoms with Crippen molar-refractivity contribution in [3.63, 3.8) is 0 Å². The molecule has 1 aliphatic rings. The van der Waals surface area contributed by atoms with Crippen LogP contribution in [0.3, 0.4) is 0 Å². The van der Waals surface area contributed by atoms with Gasteiger partial charge in [0.05, 0.1) is 18.2 Å². The molecule has 1 heterocycles. The van der Waals surface area contributed by atoms with Crippen LogP contribution in [0, 0.1) is 5.92 Å². The molecule has 0 saturated heterocycles. The van der Waals surface area contributed by atoms with Gasteiger partial charge in [0, 0.05) is 23.9 Å². The molecule has 2 aromatic rings. The van der Waals surface area contributed by atoms with Crippen molar-refractivity contribution >= 4 is 29.5 Å². The van der Waals surface area contributed by atoms with Gasteiger partial charge in [-0.3, -0.25) is 19.3 Å². The molecule has 144 valence electrons. The molecular formula is C22H22N2O4. The van der Waals surface area contributed by atoms with Crippen LogP contribution in [0.4, 0.5) is 5.69 Å². The van der Waals surface area contributed by atoms with Crippen LogP contribution in [0.5, 0.6) is 5.75 Å². The second-order valence-corrected chi connectivity index (χ2v) is 6.94. The third-order valence-electron chi connectivity index (χ3n) is 4.34. The highest BCUT2D eigenvalue weighted by atomic mass is 16.5. The Hall–Kier alpha value is -3.41. The van der Waals surface area contributed by atoms with Crippen LogP contribution < -0.4 is 10.1 Å². The first-order chi connectivity index (χ1) is 13.4. The van der Waals surface area contributed by atoms with Crippen LogP contribution in [-0.4, -0.2) is 36.3 Å². The van der Waals surface area contributed by atoms with Gasteiger partial charge in [-0.25, -0.2) is 0 Å². The van der Waals surface area contributed by atoms with Gasteiger partial charge in [-0.2, -0.15) is 0 Å². The van der Waals surface area contributed by atoms with Gasteiger partial charge in [0.25, 0.3) is 11.8 Å². The number of carbonyl (C=O) groups is 3. The van der Waals surface area contributed by atoms with Crippen molar-refractivity contribution in [2.75, 3.05) is 19.0 Å². The zero-order valence-corrected chi connectivity index (χ0v) is 16.1. The number of methoxy groups -OCH3 is 1. The van der Waals surface area contributed by atoms with Crippen molar-refractivity contribution in [1.29, 1.82) is 0 Å². The molecule has 0 unspecified atom stereocenters. The molecule has 0 saturated carbocycles. The highest BCUT2D eigenvalue weighted by Gasteiger charge is 2.35. The number of nitrogens with one attached hydrogen (secondary N) is 1. The van der Waals surface area contributed by atoms with Crippen molar-refractivity contribution < 1.29 is 19.1 Å². The van der Waals surface area contributed by atoms with E-state index in [-0.39, 0.29) is 23.6 Å². The van der Waals surface area contributed by atoms with E-state index in [2.05, 4.69) is 5.32 Å². The molecule has 0 bridgehead atoms. The van der Waals surface area contributed by atoms with Crippen LogP contribution in [0.15, 0.2) is 48.5 Å². The zero-order chi connectivity index (χ0) is 20.3. The minimum absolute atomic E-state index is 0.182. The van der Waals surface area contributed by atoms with Crippen LogP contribution in [-0.2, 0) is 4.79 Å². The molecule has 0 spiro atoms. The number of fused-ring (bicyclic) bond motifs is 1. The number of carbonyl (C=O) groups excluding carboxylic acids is 3. The van der Waals surface area contributed by atoms with Gasteiger partial charge in [-0.05, 0) is 36.3 Å². The van der Waals surface area contributed by atoms with Gasteiger partial charge in [0.2, 0.25) is 5.91 Å². The van der Waals surface area contributed by atoms with Crippen LogP contribution in [0.25, 0.3) is 6.08 Å². The normalized spacial score (nSPS) is 13.4. The first-order valence-corrected chi connectivity index (χ1v) is 9.03. The number of hydrogen-bond acceptors (Lipinski definition) is 4. The lowest BCUT2D eigenvalue weighted by Crippen LogP contribution is -2.33. The summed E-state index contributed by atoms with van der Waals surface area (Å²) in [5.74, 6) is -0.112. The fourth-order valence-corrected chi connectivity index (χ4v) is 3.05. The number of nitrogens with zero attached hydrogens (tertiary/aromatic N) is 1. The van der Waals surface area contributed by atoms with Gasteiger partial charge in [0.1, 0.15) is 5.75 Å². The van der Waals surface area contributed by atoms with E-state index in [1.807, 2.05) is 38.1 Å². The SMILES string of the molecule is COc1ccccc1/C=C/C(=O)Nc1ccc2c(c1)C(=O)N(CC(C)C)C2=O. The van der Waals surface area contributed by atoms with E-state index in [4.69, 9.17) is 4.74 Å². The number of rotatable bonds is 6. The van der Waals surface area contributed by atoms with E-state index >= 15 is 0 Å². The molecule has 3 amide bonds. The van der Waals surface area contributed by atoms with Gasteiger partial charge in [0.15, 0.2) is 0 Å². The number of benzene rings is 2. The zero-order valence-electron chi connectivity index (χ0n) is 16.1. The van der Waals surface area contributed by atoms with E-state index in [1.54, 1.807) is 31.4 Å². The average Bonchev–Trinajstić information content (AvgIpc) is 2.90. The molecule has 1 aliphatic heterocycles. The Bertz CT molecular complexity index is 963. The van der Waals surface area contributed by atoms with Gasteiger partial charge < -0.3 is 10.1 Å². The summed E-state index contributed by atoms with van der Waals surface area (Å²) in [6.45, 7) is 4.27. The molecule has 6 heteroatoms. The summed E-state index contributed by atoms with van der Waals surface area (Å²) in [5, 5.41) is 2.72. The van der Waals surface area contributed by atoms with E-state index in [9.17, 15) is 14.4 Å². The van der Waals surface area contributed by atoms with E-state index < -0.39 is 0 Å². The third kappa shape index (κ3) is 3.96. The van der Waals surface area contributed by atoms with E-state index in [1.165, 1.54) is 11.0 Å². The van der Waals surface area contributed by atoms with Crippen molar-refractivity contribution in [2.24, 2.45) is 5.92 Å². The van der Waals surface area contributed by atoms with E-state index in [0.717, 1.165) is 5.56 Å².